The van der Waals surface area contributed by atoms with Gasteiger partial charge in [0.1, 0.15) is 5.75 Å². The molecule has 0 aromatic heterocycles. The second-order valence-corrected chi connectivity index (χ2v) is 4.69. The molecule has 1 aromatic carbocycles. The van der Waals surface area contributed by atoms with Gasteiger partial charge in [0.2, 0.25) is 5.91 Å². The van der Waals surface area contributed by atoms with Crippen LogP contribution in [-0.4, -0.2) is 22.0 Å². The predicted molar refractivity (Wildman–Crippen MR) is 68.7 cm³/mol. The third-order valence-electron chi connectivity index (χ3n) is 3.31. The number of anilines is 1. The molecular weight excluding hydrogens is 250 g/mol. The first kappa shape index (κ1) is 13.3. The standard InChI is InChI=1S/C12H15N3O4/c13-8-5-4-7(6-8)12(17)14-11-9(15(18)19)2-1-3-10(11)16/h1-3,7-8,16H,4-6,13H2,(H,14,17). The van der Waals surface area contributed by atoms with Crippen LogP contribution in [0.25, 0.3) is 0 Å². The summed E-state index contributed by atoms with van der Waals surface area (Å²) in [5.41, 5.74) is 5.25. The number of hydrogen-bond acceptors (Lipinski definition) is 5. The Morgan fingerprint density at radius 1 is 1.47 bits per heavy atom. The topological polar surface area (TPSA) is 118 Å². The van der Waals surface area contributed by atoms with Crippen LogP contribution >= 0.6 is 0 Å². The van der Waals surface area contributed by atoms with E-state index in [1.165, 1.54) is 18.2 Å². The molecule has 2 atom stereocenters. The first-order valence-electron chi connectivity index (χ1n) is 6.02. The molecular formula is C12H15N3O4. The molecule has 0 aliphatic heterocycles. The maximum Gasteiger partial charge on any atom is 0.296 e. The molecule has 1 aromatic rings. The summed E-state index contributed by atoms with van der Waals surface area (Å²) >= 11 is 0. The normalized spacial score (nSPS) is 22.2. The Bertz CT molecular complexity index is 518. The van der Waals surface area contributed by atoms with Crippen molar-refractivity contribution < 1.29 is 14.8 Å². The number of hydrogen-bond donors (Lipinski definition) is 3. The van der Waals surface area contributed by atoms with Crippen LogP contribution in [0.2, 0.25) is 0 Å². The lowest BCUT2D eigenvalue weighted by atomic mass is 10.1. The zero-order valence-corrected chi connectivity index (χ0v) is 10.2. The monoisotopic (exact) mass is 265 g/mol. The van der Waals surface area contributed by atoms with Crippen LogP contribution < -0.4 is 11.1 Å². The number of benzene rings is 1. The minimum Gasteiger partial charge on any atom is -0.505 e. The van der Waals surface area contributed by atoms with E-state index in [2.05, 4.69) is 5.32 Å². The van der Waals surface area contributed by atoms with Gasteiger partial charge in [0.15, 0.2) is 5.69 Å². The van der Waals surface area contributed by atoms with Crippen LogP contribution in [0.4, 0.5) is 11.4 Å². The van der Waals surface area contributed by atoms with Crippen LogP contribution in [0.3, 0.4) is 0 Å². The SMILES string of the molecule is NC1CCC(C(=O)Nc2c(O)cccc2[N+](=O)[O-])C1. The molecule has 2 rings (SSSR count). The molecule has 1 amide bonds. The molecule has 1 saturated carbocycles. The highest BCUT2D eigenvalue weighted by Crippen LogP contribution is 2.34. The summed E-state index contributed by atoms with van der Waals surface area (Å²) < 4.78 is 0. The van der Waals surface area contributed by atoms with E-state index >= 15 is 0 Å². The number of carbonyl (C=O) groups is 1. The number of aromatic hydroxyl groups is 1. The number of nitrogens with two attached hydrogens (primary N) is 1. The Morgan fingerprint density at radius 2 is 2.21 bits per heavy atom. The van der Waals surface area contributed by atoms with Gasteiger partial charge >= 0.3 is 0 Å². The van der Waals surface area contributed by atoms with E-state index in [0.29, 0.717) is 12.8 Å². The summed E-state index contributed by atoms with van der Waals surface area (Å²) in [7, 11) is 0. The number of amides is 1. The van der Waals surface area contributed by atoms with Crippen molar-refractivity contribution in [1.82, 2.24) is 0 Å². The molecule has 0 radical (unpaired) electrons. The molecule has 7 heteroatoms. The van der Waals surface area contributed by atoms with E-state index in [1.54, 1.807) is 0 Å². The quantitative estimate of drug-likeness (QED) is 0.433. The lowest BCUT2D eigenvalue weighted by molar-refractivity contribution is -0.384. The van der Waals surface area contributed by atoms with Crippen LogP contribution in [0.15, 0.2) is 18.2 Å². The van der Waals surface area contributed by atoms with Gasteiger partial charge in [-0.05, 0) is 25.3 Å². The zero-order valence-electron chi connectivity index (χ0n) is 10.2. The number of nitro benzene ring substituents is 1. The minimum absolute atomic E-state index is 0.00453. The van der Waals surface area contributed by atoms with Crippen molar-refractivity contribution in [2.24, 2.45) is 11.7 Å². The number of nitrogens with zero attached hydrogens (tertiary/aromatic N) is 1. The van der Waals surface area contributed by atoms with Crippen LogP contribution in [0.1, 0.15) is 19.3 Å². The molecule has 1 aliphatic rings. The molecule has 2 unspecified atom stereocenters. The largest absolute Gasteiger partial charge is 0.505 e. The molecule has 4 N–H and O–H groups in total. The Hall–Kier alpha value is -2.15. The molecule has 0 spiro atoms. The molecule has 1 aliphatic carbocycles. The molecule has 0 bridgehead atoms. The van der Waals surface area contributed by atoms with Gasteiger partial charge in [-0.3, -0.25) is 14.9 Å². The smallest absolute Gasteiger partial charge is 0.296 e. The summed E-state index contributed by atoms with van der Waals surface area (Å²) in [6.07, 6.45) is 1.99. The Morgan fingerprint density at radius 3 is 2.79 bits per heavy atom. The predicted octanol–water partition coefficient (Wildman–Crippen LogP) is 1.37. The van der Waals surface area contributed by atoms with Gasteiger partial charge in [0.05, 0.1) is 4.92 Å². The summed E-state index contributed by atoms with van der Waals surface area (Å²) in [6.45, 7) is 0. The molecule has 0 saturated heterocycles. The van der Waals surface area contributed by atoms with E-state index in [0.717, 1.165) is 6.42 Å². The van der Waals surface area contributed by atoms with Gasteiger partial charge in [-0.25, -0.2) is 0 Å². The highest BCUT2D eigenvalue weighted by molar-refractivity contribution is 5.96. The fourth-order valence-corrected chi connectivity index (χ4v) is 2.29. The number of nitrogens with one attached hydrogen (secondary N) is 1. The van der Waals surface area contributed by atoms with Crippen molar-refractivity contribution in [2.45, 2.75) is 25.3 Å². The highest BCUT2D eigenvalue weighted by Gasteiger charge is 2.29. The summed E-state index contributed by atoms with van der Waals surface area (Å²) in [6, 6.07) is 3.88. The van der Waals surface area contributed by atoms with Gasteiger partial charge in [-0.1, -0.05) is 6.07 Å². The van der Waals surface area contributed by atoms with Crippen molar-refractivity contribution >= 4 is 17.3 Å². The Labute approximate surface area is 109 Å². The average molecular weight is 265 g/mol. The number of para-hydroxylation sites is 1. The van der Waals surface area contributed by atoms with Gasteiger partial charge in [-0.2, -0.15) is 0 Å². The van der Waals surface area contributed by atoms with E-state index in [9.17, 15) is 20.0 Å². The maximum absolute atomic E-state index is 12.0. The third kappa shape index (κ3) is 2.82. The fraction of sp³-hybridized carbons (Fsp3) is 0.417. The van der Waals surface area contributed by atoms with Crippen LogP contribution in [0, 0.1) is 16.0 Å². The van der Waals surface area contributed by atoms with Gasteiger partial charge in [0, 0.05) is 18.0 Å². The van der Waals surface area contributed by atoms with Crippen molar-refractivity contribution in [3.63, 3.8) is 0 Å². The lowest BCUT2D eigenvalue weighted by Gasteiger charge is -2.12. The molecule has 19 heavy (non-hydrogen) atoms. The van der Waals surface area contributed by atoms with E-state index in [-0.39, 0.29) is 35.0 Å². The summed E-state index contributed by atoms with van der Waals surface area (Å²) in [4.78, 5) is 22.2. The van der Waals surface area contributed by atoms with Crippen molar-refractivity contribution in [1.29, 1.82) is 0 Å². The Balaban J connectivity index is 2.19. The number of phenolic OH excluding ortho intramolecular Hbond substituents is 1. The van der Waals surface area contributed by atoms with E-state index in [1.807, 2.05) is 0 Å². The number of nitro groups is 1. The second-order valence-electron chi connectivity index (χ2n) is 4.69. The number of rotatable bonds is 3. The molecule has 7 nitrogen and oxygen atoms in total. The van der Waals surface area contributed by atoms with E-state index in [4.69, 9.17) is 5.73 Å². The Kier molecular flexibility index (Phi) is 3.66. The second kappa shape index (κ2) is 5.23. The van der Waals surface area contributed by atoms with Gasteiger partial charge < -0.3 is 16.2 Å². The van der Waals surface area contributed by atoms with Crippen molar-refractivity contribution in [2.75, 3.05) is 5.32 Å². The van der Waals surface area contributed by atoms with E-state index < -0.39 is 4.92 Å². The number of phenols is 1. The third-order valence-corrected chi connectivity index (χ3v) is 3.31. The van der Waals surface area contributed by atoms with Crippen LogP contribution in [-0.2, 0) is 4.79 Å². The van der Waals surface area contributed by atoms with Crippen LogP contribution in [0.5, 0.6) is 5.75 Å². The number of carbonyl (C=O) groups excluding carboxylic acids is 1. The van der Waals surface area contributed by atoms with Gasteiger partial charge in [-0.15, -0.1) is 0 Å². The minimum atomic E-state index is -0.643. The van der Waals surface area contributed by atoms with Crippen molar-refractivity contribution in [3.8, 4) is 5.75 Å². The molecule has 1 fully saturated rings. The average Bonchev–Trinajstić information content (AvgIpc) is 2.78. The molecule has 102 valence electrons. The highest BCUT2D eigenvalue weighted by atomic mass is 16.6. The first-order valence-corrected chi connectivity index (χ1v) is 6.02. The summed E-state index contributed by atoms with van der Waals surface area (Å²) in [5, 5.41) is 22.9. The first-order chi connectivity index (χ1) is 8.99. The van der Waals surface area contributed by atoms with Crippen molar-refractivity contribution in [3.05, 3.63) is 28.3 Å². The zero-order chi connectivity index (χ0) is 14.0. The molecule has 0 heterocycles. The fourth-order valence-electron chi connectivity index (χ4n) is 2.29. The maximum atomic E-state index is 12.0. The summed E-state index contributed by atoms with van der Waals surface area (Å²) in [5.74, 6) is -0.906. The lowest BCUT2D eigenvalue weighted by Crippen LogP contribution is -2.23. The van der Waals surface area contributed by atoms with Gasteiger partial charge in [0.25, 0.3) is 5.69 Å².